The molecule has 110 valence electrons. The molecule has 0 aromatic carbocycles. The molecule has 1 amide bonds. The second-order valence-corrected chi connectivity index (χ2v) is 6.80. The van der Waals surface area contributed by atoms with E-state index in [1.165, 1.54) is 4.88 Å². The molecule has 0 spiro atoms. The molecule has 0 bridgehead atoms. The van der Waals surface area contributed by atoms with Crippen LogP contribution in [0.3, 0.4) is 0 Å². The van der Waals surface area contributed by atoms with Gasteiger partial charge in [0.25, 0.3) is 0 Å². The first-order valence-corrected chi connectivity index (χ1v) is 8.39. The van der Waals surface area contributed by atoms with Crippen molar-refractivity contribution in [3.05, 3.63) is 22.4 Å². The van der Waals surface area contributed by atoms with Gasteiger partial charge in [0.1, 0.15) is 6.17 Å². The third-order valence-corrected chi connectivity index (χ3v) is 5.42. The van der Waals surface area contributed by atoms with Crippen molar-refractivity contribution in [3.8, 4) is 0 Å². The lowest BCUT2D eigenvalue weighted by atomic mass is 10.0. The van der Waals surface area contributed by atoms with Gasteiger partial charge in [-0.25, -0.2) is 0 Å². The standard InChI is InChI=1S/C15H23N3OS/c1-3-12-15(19)18(11-6-8-17(2)9-7-11)14(16-12)13-5-4-10-20-13/h4-5,10-12,14,16H,3,6-9H2,1-2H3. The third-order valence-electron chi connectivity index (χ3n) is 4.49. The number of thiophene rings is 1. The predicted octanol–water partition coefficient (Wildman–Crippen LogP) is 2.05. The third kappa shape index (κ3) is 2.50. The van der Waals surface area contributed by atoms with Gasteiger partial charge < -0.3 is 9.80 Å². The van der Waals surface area contributed by atoms with Crippen LogP contribution in [0.1, 0.15) is 37.2 Å². The molecule has 3 rings (SSSR count). The van der Waals surface area contributed by atoms with Crippen molar-refractivity contribution in [3.63, 3.8) is 0 Å². The number of piperidine rings is 1. The van der Waals surface area contributed by atoms with Crippen LogP contribution in [0.25, 0.3) is 0 Å². The molecule has 2 saturated heterocycles. The minimum absolute atomic E-state index is 0.0123. The second kappa shape index (κ2) is 5.84. The summed E-state index contributed by atoms with van der Waals surface area (Å²) in [5.41, 5.74) is 0. The SMILES string of the molecule is CCC1NC(c2cccs2)N(C2CCN(C)CC2)C1=O. The van der Waals surface area contributed by atoms with Gasteiger partial charge in [-0.1, -0.05) is 13.0 Å². The fraction of sp³-hybridized carbons (Fsp3) is 0.667. The molecule has 0 aliphatic carbocycles. The first-order chi connectivity index (χ1) is 9.70. The molecule has 5 heteroatoms. The molecule has 2 atom stereocenters. The predicted molar refractivity (Wildman–Crippen MR) is 81.6 cm³/mol. The van der Waals surface area contributed by atoms with Crippen molar-refractivity contribution in [1.82, 2.24) is 15.1 Å². The number of nitrogens with one attached hydrogen (secondary N) is 1. The van der Waals surface area contributed by atoms with Crippen molar-refractivity contribution in [2.24, 2.45) is 0 Å². The van der Waals surface area contributed by atoms with E-state index in [1.807, 2.05) is 0 Å². The van der Waals surface area contributed by atoms with Crippen LogP contribution in [0.5, 0.6) is 0 Å². The highest BCUT2D eigenvalue weighted by molar-refractivity contribution is 7.10. The molecule has 2 fully saturated rings. The second-order valence-electron chi connectivity index (χ2n) is 5.83. The van der Waals surface area contributed by atoms with Gasteiger partial charge in [-0.05, 0) is 50.8 Å². The van der Waals surface area contributed by atoms with E-state index >= 15 is 0 Å². The summed E-state index contributed by atoms with van der Waals surface area (Å²) in [6.07, 6.45) is 3.12. The van der Waals surface area contributed by atoms with E-state index in [0.29, 0.717) is 11.9 Å². The average molecular weight is 293 g/mol. The molecule has 2 aliphatic heterocycles. The fourth-order valence-corrected chi connectivity index (χ4v) is 4.05. The molecule has 20 heavy (non-hydrogen) atoms. The monoisotopic (exact) mass is 293 g/mol. The van der Waals surface area contributed by atoms with Gasteiger partial charge in [-0.2, -0.15) is 0 Å². The Kier molecular flexibility index (Phi) is 4.10. The minimum atomic E-state index is -0.0123. The van der Waals surface area contributed by atoms with E-state index in [2.05, 4.69) is 46.6 Å². The summed E-state index contributed by atoms with van der Waals surface area (Å²) in [7, 11) is 2.16. The van der Waals surface area contributed by atoms with Gasteiger partial charge in [0.15, 0.2) is 0 Å². The van der Waals surface area contributed by atoms with Crippen LogP contribution in [0.15, 0.2) is 17.5 Å². The Labute approximate surface area is 124 Å². The first-order valence-electron chi connectivity index (χ1n) is 7.51. The fourth-order valence-electron chi connectivity index (χ4n) is 3.27. The summed E-state index contributed by atoms with van der Waals surface area (Å²) in [5, 5.41) is 5.62. The highest BCUT2D eigenvalue weighted by atomic mass is 32.1. The van der Waals surface area contributed by atoms with E-state index < -0.39 is 0 Å². The van der Waals surface area contributed by atoms with Crippen molar-refractivity contribution < 1.29 is 4.79 Å². The summed E-state index contributed by atoms with van der Waals surface area (Å²) in [6.45, 7) is 4.25. The van der Waals surface area contributed by atoms with Crippen LogP contribution >= 0.6 is 11.3 Å². The van der Waals surface area contributed by atoms with Gasteiger partial charge in [0, 0.05) is 10.9 Å². The molecule has 3 heterocycles. The lowest BCUT2D eigenvalue weighted by molar-refractivity contribution is -0.133. The molecule has 4 nitrogen and oxygen atoms in total. The van der Waals surface area contributed by atoms with Crippen LogP contribution < -0.4 is 5.32 Å². The zero-order chi connectivity index (χ0) is 14.1. The van der Waals surface area contributed by atoms with E-state index in [1.54, 1.807) is 11.3 Å². The molecule has 0 radical (unpaired) electrons. The maximum absolute atomic E-state index is 12.7. The highest BCUT2D eigenvalue weighted by Crippen LogP contribution is 2.33. The number of rotatable bonds is 3. The van der Waals surface area contributed by atoms with Gasteiger partial charge in [-0.15, -0.1) is 11.3 Å². The van der Waals surface area contributed by atoms with Crippen molar-refractivity contribution >= 4 is 17.2 Å². The Bertz CT molecular complexity index is 454. The topological polar surface area (TPSA) is 35.6 Å². The molecule has 2 aliphatic rings. The number of nitrogens with zero attached hydrogens (tertiary/aromatic N) is 2. The Morgan fingerprint density at radius 1 is 1.40 bits per heavy atom. The van der Waals surface area contributed by atoms with E-state index in [4.69, 9.17) is 0 Å². The number of hydrogen-bond donors (Lipinski definition) is 1. The summed E-state index contributed by atoms with van der Waals surface area (Å²) in [6, 6.07) is 4.57. The lowest BCUT2D eigenvalue weighted by Crippen LogP contribution is -2.46. The van der Waals surface area contributed by atoms with Gasteiger partial charge >= 0.3 is 0 Å². The Morgan fingerprint density at radius 3 is 2.75 bits per heavy atom. The van der Waals surface area contributed by atoms with Crippen LogP contribution in [-0.4, -0.2) is 47.9 Å². The van der Waals surface area contributed by atoms with E-state index in [0.717, 1.165) is 32.4 Å². The summed E-state index contributed by atoms with van der Waals surface area (Å²) < 4.78 is 0. The summed E-state index contributed by atoms with van der Waals surface area (Å²) >= 11 is 1.74. The van der Waals surface area contributed by atoms with Gasteiger partial charge in [0.05, 0.1) is 6.04 Å². The average Bonchev–Trinajstić information content (AvgIpc) is 3.07. The lowest BCUT2D eigenvalue weighted by Gasteiger charge is -2.37. The molecule has 1 aromatic rings. The molecular weight excluding hydrogens is 270 g/mol. The van der Waals surface area contributed by atoms with Crippen LogP contribution in [0, 0.1) is 0 Å². The number of carbonyl (C=O) groups excluding carboxylic acids is 1. The molecular formula is C15H23N3OS. The Hall–Kier alpha value is -0.910. The number of hydrogen-bond acceptors (Lipinski definition) is 4. The van der Waals surface area contributed by atoms with Gasteiger partial charge in [0.2, 0.25) is 5.91 Å². The van der Waals surface area contributed by atoms with Crippen molar-refractivity contribution in [2.75, 3.05) is 20.1 Å². The maximum Gasteiger partial charge on any atom is 0.241 e. The zero-order valence-corrected chi connectivity index (χ0v) is 13.0. The van der Waals surface area contributed by atoms with Crippen molar-refractivity contribution in [2.45, 2.75) is 44.4 Å². The van der Waals surface area contributed by atoms with Crippen LogP contribution in [0.2, 0.25) is 0 Å². The number of likely N-dealkylation sites (tertiary alicyclic amines) is 1. The van der Waals surface area contributed by atoms with Crippen LogP contribution in [0.4, 0.5) is 0 Å². The van der Waals surface area contributed by atoms with Gasteiger partial charge in [-0.3, -0.25) is 10.1 Å². The smallest absolute Gasteiger partial charge is 0.241 e. The Balaban J connectivity index is 1.82. The molecule has 1 N–H and O–H groups in total. The zero-order valence-electron chi connectivity index (χ0n) is 12.2. The number of carbonyl (C=O) groups is 1. The first kappa shape index (κ1) is 14.0. The Morgan fingerprint density at radius 2 is 2.15 bits per heavy atom. The summed E-state index contributed by atoms with van der Waals surface area (Å²) in [4.78, 5) is 18.4. The van der Waals surface area contributed by atoms with Crippen LogP contribution in [-0.2, 0) is 4.79 Å². The minimum Gasteiger partial charge on any atom is -0.318 e. The largest absolute Gasteiger partial charge is 0.318 e. The summed E-state index contributed by atoms with van der Waals surface area (Å²) in [5.74, 6) is 0.292. The molecule has 1 aromatic heterocycles. The highest BCUT2D eigenvalue weighted by Gasteiger charge is 2.43. The number of amides is 1. The van der Waals surface area contributed by atoms with E-state index in [-0.39, 0.29) is 12.2 Å². The normalized spacial score (nSPS) is 29.3. The van der Waals surface area contributed by atoms with E-state index in [9.17, 15) is 4.79 Å². The van der Waals surface area contributed by atoms with Crippen molar-refractivity contribution in [1.29, 1.82) is 0 Å². The molecule has 2 unspecified atom stereocenters. The maximum atomic E-state index is 12.7. The quantitative estimate of drug-likeness (QED) is 0.926. The molecule has 0 saturated carbocycles.